The molecule has 0 aliphatic heterocycles. The van der Waals surface area contributed by atoms with Crippen LogP contribution in [0.15, 0.2) is 83.2 Å². The van der Waals surface area contributed by atoms with Crippen LogP contribution in [0.2, 0.25) is 5.02 Å². The molecule has 0 saturated heterocycles. The number of sulfonamides is 1. The highest BCUT2D eigenvalue weighted by atomic mass is 35.5. The van der Waals surface area contributed by atoms with Crippen LogP contribution < -0.4 is 10.0 Å². The highest BCUT2D eigenvalue weighted by Gasteiger charge is 2.16. The second-order valence-corrected chi connectivity index (χ2v) is 9.32. The second-order valence-electron chi connectivity index (χ2n) is 6.35. The van der Waals surface area contributed by atoms with Gasteiger partial charge in [0, 0.05) is 27.9 Å². The van der Waals surface area contributed by atoms with Crippen LogP contribution in [0.5, 0.6) is 0 Å². The van der Waals surface area contributed by atoms with Gasteiger partial charge in [-0.3, -0.25) is 19.8 Å². The Morgan fingerprint density at radius 2 is 1.77 bits per heavy atom. The minimum Gasteiger partial charge on any atom is -0.298 e. The van der Waals surface area contributed by atoms with Crippen LogP contribution in [-0.2, 0) is 10.0 Å². The Kier molecular flexibility index (Phi) is 5.99. The van der Waals surface area contributed by atoms with Gasteiger partial charge in [-0.05, 0) is 54.6 Å². The molecule has 156 valence electrons. The first-order valence-corrected chi connectivity index (χ1v) is 11.7. The third kappa shape index (κ3) is 5.08. The standard InChI is InChI=1S/C21H15ClN4O3S2/c22-15-7-9-17(10-8-15)31(28,29)26-16-5-3-4-14(12-16)20(27)25-21-24-19(13-30-21)18-6-1-2-11-23-18/h1-13,26H,(H,24,25,27). The molecular weight excluding hydrogens is 456 g/mol. The molecule has 2 aromatic carbocycles. The maximum absolute atomic E-state index is 12.6. The van der Waals surface area contributed by atoms with Crippen molar-refractivity contribution in [1.29, 1.82) is 0 Å². The topological polar surface area (TPSA) is 101 Å². The molecule has 1 amide bonds. The van der Waals surface area contributed by atoms with Gasteiger partial charge in [0.05, 0.1) is 10.6 Å². The summed E-state index contributed by atoms with van der Waals surface area (Å²) < 4.78 is 27.6. The van der Waals surface area contributed by atoms with Gasteiger partial charge in [-0.1, -0.05) is 23.7 Å². The van der Waals surface area contributed by atoms with Gasteiger partial charge in [0.2, 0.25) is 0 Å². The van der Waals surface area contributed by atoms with Gasteiger partial charge >= 0.3 is 0 Å². The van der Waals surface area contributed by atoms with E-state index < -0.39 is 15.9 Å². The molecule has 0 radical (unpaired) electrons. The van der Waals surface area contributed by atoms with E-state index in [2.05, 4.69) is 20.0 Å². The molecule has 0 aliphatic carbocycles. The number of carbonyl (C=O) groups excluding carboxylic acids is 1. The lowest BCUT2D eigenvalue weighted by atomic mass is 10.2. The van der Waals surface area contributed by atoms with Crippen LogP contribution in [0.25, 0.3) is 11.4 Å². The molecule has 0 atom stereocenters. The normalized spacial score (nSPS) is 11.1. The number of pyridine rings is 1. The predicted octanol–water partition coefficient (Wildman–Crippen LogP) is 4.91. The summed E-state index contributed by atoms with van der Waals surface area (Å²) in [6.07, 6.45) is 1.67. The Bertz CT molecular complexity index is 1320. The molecule has 0 unspecified atom stereocenters. The van der Waals surface area contributed by atoms with Gasteiger partial charge in [-0.2, -0.15) is 0 Å². The van der Waals surface area contributed by atoms with Crippen LogP contribution in [-0.4, -0.2) is 24.3 Å². The van der Waals surface area contributed by atoms with Gasteiger partial charge < -0.3 is 0 Å². The van der Waals surface area contributed by atoms with Crippen molar-refractivity contribution >= 4 is 49.7 Å². The number of carbonyl (C=O) groups is 1. The molecule has 0 spiro atoms. The van der Waals surface area contributed by atoms with Crippen molar-refractivity contribution in [3.05, 3.63) is 88.9 Å². The van der Waals surface area contributed by atoms with Crippen LogP contribution in [0.4, 0.5) is 10.8 Å². The minimum atomic E-state index is -3.82. The molecule has 0 aliphatic rings. The lowest BCUT2D eigenvalue weighted by Crippen LogP contribution is -2.15. The maximum Gasteiger partial charge on any atom is 0.261 e. The van der Waals surface area contributed by atoms with Gasteiger partial charge in [0.25, 0.3) is 15.9 Å². The van der Waals surface area contributed by atoms with Crippen LogP contribution in [0.3, 0.4) is 0 Å². The molecule has 7 nitrogen and oxygen atoms in total. The Morgan fingerprint density at radius 3 is 2.52 bits per heavy atom. The highest BCUT2D eigenvalue weighted by Crippen LogP contribution is 2.24. The molecule has 0 saturated carbocycles. The van der Waals surface area contributed by atoms with E-state index in [0.717, 1.165) is 0 Å². The van der Waals surface area contributed by atoms with Gasteiger partial charge in [-0.15, -0.1) is 11.3 Å². The number of amides is 1. The number of aromatic nitrogens is 2. The Labute approximate surface area is 187 Å². The third-order valence-corrected chi connectivity index (χ3v) is 6.56. The van der Waals surface area contributed by atoms with Crippen molar-refractivity contribution in [3.8, 4) is 11.4 Å². The van der Waals surface area contributed by atoms with E-state index in [4.69, 9.17) is 11.6 Å². The Hall–Kier alpha value is -3.27. The monoisotopic (exact) mass is 470 g/mol. The first-order valence-electron chi connectivity index (χ1n) is 8.97. The number of rotatable bonds is 6. The van der Waals surface area contributed by atoms with Gasteiger partial charge in [-0.25, -0.2) is 13.4 Å². The summed E-state index contributed by atoms with van der Waals surface area (Å²) in [5.41, 5.74) is 1.91. The van der Waals surface area contributed by atoms with Crippen LogP contribution in [0.1, 0.15) is 10.4 Å². The summed E-state index contributed by atoms with van der Waals surface area (Å²) in [4.78, 5) is 21.3. The van der Waals surface area contributed by atoms with E-state index in [9.17, 15) is 13.2 Å². The van der Waals surface area contributed by atoms with E-state index in [-0.39, 0.29) is 16.1 Å². The Balaban J connectivity index is 1.48. The number of anilines is 2. The van der Waals surface area contributed by atoms with Crippen molar-refractivity contribution in [2.24, 2.45) is 0 Å². The second kappa shape index (κ2) is 8.84. The summed E-state index contributed by atoms with van der Waals surface area (Å²) in [6.45, 7) is 0. The maximum atomic E-state index is 12.6. The van der Waals surface area contributed by atoms with E-state index in [1.165, 1.54) is 41.7 Å². The molecule has 4 rings (SSSR count). The average Bonchev–Trinajstić information content (AvgIpc) is 3.23. The summed E-state index contributed by atoms with van der Waals surface area (Å²) in [5, 5.41) is 5.38. The molecule has 10 heteroatoms. The zero-order valence-electron chi connectivity index (χ0n) is 15.8. The predicted molar refractivity (Wildman–Crippen MR) is 122 cm³/mol. The summed E-state index contributed by atoms with van der Waals surface area (Å²) in [7, 11) is -3.82. The highest BCUT2D eigenvalue weighted by molar-refractivity contribution is 7.92. The number of hydrogen-bond donors (Lipinski definition) is 2. The fraction of sp³-hybridized carbons (Fsp3) is 0. The summed E-state index contributed by atoms with van der Waals surface area (Å²) in [6, 6.07) is 17.5. The lowest BCUT2D eigenvalue weighted by Gasteiger charge is -2.09. The SMILES string of the molecule is O=C(Nc1nc(-c2ccccn2)cs1)c1cccc(NS(=O)(=O)c2ccc(Cl)cc2)c1. The largest absolute Gasteiger partial charge is 0.298 e. The number of halogens is 1. The molecule has 4 aromatic rings. The number of benzene rings is 2. The molecular formula is C21H15ClN4O3S2. The van der Waals surface area contributed by atoms with Crippen molar-refractivity contribution in [1.82, 2.24) is 9.97 Å². The summed E-state index contributed by atoms with van der Waals surface area (Å²) in [5.74, 6) is -0.408. The lowest BCUT2D eigenvalue weighted by molar-refractivity contribution is 0.102. The number of thiazole rings is 1. The number of nitrogens with one attached hydrogen (secondary N) is 2. The van der Waals surface area contributed by atoms with E-state index >= 15 is 0 Å². The molecule has 2 heterocycles. The Morgan fingerprint density at radius 1 is 0.968 bits per heavy atom. The van der Waals surface area contributed by atoms with Gasteiger partial charge in [0.15, 0.2) is 5.13 Å². The van der Waals surface area contributed by atoms with E-state index in [0.29, 0.717) is 21.5 Å². The van der Waals surface area contributed by atoms with Crippen molar-refractivity contribution < 1.29 is 13.2 Å². The van der Waals surface area contributed by atoms with E-state index in [1.54, 1.807) is 29.8 Å². The number of hydrogen-bond acceptors (Lipinski definition) is 6. The van der Waals surface area contributed by atoms with Gasteiger partial charge in [0.1, 0.15) is 5.69 Å². The molecule has 0 bridgehead atoms. The van der Waals surface area contributed by atoms with E-state index in [1.807, 2.05) is 18.2 Å². The molecule has 2 N–H and O–H groups in total. The fourth-order valence-corrected chi connectivity index (χ4v) is 4.56. The smallest absolute Gasteiger partial charge is 0.261 e. The average molecular weight is 471 g/mol. The first kappa shape index (κ1) is 21.0. The third-order valence-electron chi connectivity index (χ3n) is 4.15. The van der Waals surface area contributed by atoms with Crippen LogP contribution in [0, 0.1) is 0 Å². The van der Waals surface area contributed by atoms with Crippen LogP contribution >= 0.6 is 22.9 Å². The fourth-order valence-electron chi connectivity index (χ4n) is 2.68. The van der Waals surface area contributed by atoms with Crippen molar-refractivity contribution in [3.63, 3.8) is 0 Å². The van der Waals surface area contributed by atoms with Crippen molar-refractivity contribution in [2.75, 3.05) is 10.0 Å². The number of nitrogens with zero attached hydrogens (tertiary/aromatic N) is 2. The minimum absolute atomic E-state index is 0.0663. The molecule has 31 heavy (non-hydrogen) atoms. The van der Waals surface area contributed by atoms with Crippen molar-refractivity contribution in [2.45, 2.75) is 4.90 Å². The molecule has 2 aromatic heterocycles. The zero-order valence-corrected chi connectivity index (χ0v) is 18.2. The zero-order chi connectivity index (χ0) is 21.8. The molecule has 0 fully saturated rings. The summed E-state index contributed by atoms with van der Waals surface area (Å²) >= 11 is 7.09. The quantitative estimate of drug-likeness (QED) is 0.417. The first-order chi connectivity index (χ1) is 14.9.